The first-order valence-corrected chi connectivity index (χ1v) is 8.84. The molecule has 0 unspecified atom stereocenters. The minimum atomic E-state index is 0.0972. The van der Waals surface area contributed by atoms with Crippen molar-refractivity contribution in [1.29, 1.82) is 0 Å². The van der Waals surface area contributed by atoms with Gasteiger partial charge in [-0.15, -0.1) is 21.5 Å². The third-order valence-electron chi connectivity index (χ3n) is 4.18. The lowest BCUT2D eigenvalue weighted by Gasteiger charge is -2.30. The molecule has 2 aromatic heterocycles. The number of hydrogen-bond donors (Lipinski definition) is 0. The van der Waals surface area contributed by atoms with E-state index in [4.69, 9.17) is 4.42 Å². The van der Waals surface area contributed by atoms with E-state index in [1.165, 1.54) is 11.3 Å². The van der Waals surface area contributed by atoms with Gasteiger partial charge in [-0.05, 0) is 26.7 Å². The van der Waals surface area contributed by atoms with Crippen molar-refractivity contribution in [2.24, 2.45) is 0 Å². The van der Waals surface area contributed by atoms with Gasteiger partial charge in [0.1, 0.15) is 4.88 Å². The van der Waals surface area contributed by atoms with Crippen molar-refractivity contribution in [1.82, 2.24) is 20.1 Å². The van der Waals surface area contributed by atoms with Crippen molar-refractivity contribution < 1.29 is 9.21 Å². The molecule has 0 radical (unpaired) electrons. The molecule has 0 spiro atoms. The molecule has 6 nitrogen and oxygen atoms in total. The lowest BCUT2D eigenvalue weighted by Crippen LogP contribution is -2.37. The van der Waals surface area contributed by atoms with Crippen LogP contribution in [0.2, 0.25) is 0 Å². The first-order chi connectivity index (χ1) is 11.0. The van der Waals surface area contributed by atoms with E-state index in [9.17, 15) is 4.79 Å². The second-order valence-electron chi connectivity index (χ2n) is 6.35. The van der Waals surface area contributed by atoms with Crippen LogP contribution in [0, 0.1) is 13.8 Å². The zero-order valence-electron chi connectivity index (χ0n) is 14.0. The lowest BCUT2D eigenvalue weighted by molar-refractivity contribution is 0.0710. The van der Waals surface area contributed by atoms with Crippen molar-refractivity contribution in [3.63, 3.8) is 0 Å². The normalized spacial score (nSPS) is 16.3. The van der Waals surface area contributed by atoms with Crippen LogP contribution in [0.3, 0.4) is 0 Å². The highest BCUT2D eigenvalue weighted by Crippen LogP contribution is 2.30. The number of aromatic nitrogens is 3. The van der Waals surface area contributed by atoms with E-state index in [-0.39, 0.29) is 17.7 Å². The summed E-state index contributed by atoms with van der Waals surface area (Å²) >= 11 is 1.48. The molecule has 0 bridgehead atoms. The number of carbonyl (C=O) groups excluding carboxylic acids is 1. The van der Waals surface area contributed by atoms with Gasteiger partial charge in [0.25, 0.3) is 5.91 Å². The van der Waals surface area contributed by atoms with Crippen LogP contribution in [0.1, 0.15) is 70.7 Å². The molecule has 7 heteroatoms. The zero-order chi connectivity index (χ0) is 16.6. The molecule has 3 rings (SSSR count). The van der Waals surface area contributed by atoms with Gasteiger partial charge in [0, 0.05) is 24.9 Å². The van der Waals surface area contributed by atoms with E-state index >= 15 is 0 Å². The first-order valence-electron chi connectivity index (χ1n) is 8.02. The second-order valence-corrected chi connectivity index (χ2v) is 7.55. The Kier molecular flexibility index (Phi) is 4.48. The van der Waals surface area contributed by atoms with Crippen LogP contribution in [0.4, 0.5) is 0 Å². The monoisotopic (exact) mass is 334 g/mol. The highest BCUT2D eigenvalue weighted by Gasteiger charge is 2.29. The lowest BCUT2D eigenvalue weighted by atomic mass is 9.96. The van der Waals surface area contributed by atoms with Gasteiger partial charge in [-0.25, -0.2) is 4.98 Å². The van der Waals surface area contributed by atoms with E-state index in [1.807, 2.05) is 32.6 Å². The third kappa shape index (κ3) is 3.29. The van der Waals surface area contributed by atoms with Gasteiger partial charge in [0.15, 0.2) is 0 Å². The van der Waals surface area contributed by atoms with Crippen LogP contribution >= 0.6 is 11.3 Å². The van der Waals surface area contributed by atoms with Gasteiger partial charge in [-0.1, -0.05) is 13.8 Å². The van der Waals surface area contributed by atoms with Gasteiger partial charge < -0.3 is 9.32 Å². The van der Waals surface area contributed by atoms with Crippen molar-refractivity contribution in [2.75, 3.05) is 13.1 Å². The molecular formula is C16H22N4O2S. The predicted octanol–water partition coefficient (Wildman–Crippen LogP) is 3.29. The smallest absolute Gasteiger partial charge is 0.265 e. The number of rotatable bonds is 3. The maximum atomic E-state index is 12.6. The quantitative estimate of drug-likeness (QED) is 0.861. The summed E-state index contributed by atoms with van der Waals surface area (Å²) in [6, 6.07) is 0. The Hall–Kier alpha value is -1.76. The average molecular weight is 334 g/mol. The van der Waals surface area contributed by atoms with Gasteiger partial charge in [0.05, 0.1) is 10.7 Å². The number of thiazole rings is 1. The van der Waals surface area contributed by atoms with Crippen LogP contribution in [0.25, 0.3) is 0 Å². The first kappa shape index (κ1) is 16.1. The molecule has 1 amide bonds. The van der Waals surface area contributed by atoms with Crippen LogP contribution in [-0.4, -0.2) is 39.1 Å². The summed E-state index contributed by atoms with van der Waals surface area (Å²) in [6.07, 6.45) is 1.73. The fourth-order valence-corrected chi connectivity index (χ4v) is 3.74. The molecular weight excluding hydrogens is 312 g/mol. The number of aryl methyl sites for hydroxylation is 2. The Morgan fingerprint density at radius 1 is 1.26 bits per heavy atom. The van der Waals surface area contributed by atoms with Crippen LogP contribution in [0.5, 0.6) is 0 Å². The molecule has 3 heterocycles. The maximum absolute atomic E-state index is 12.6. The molecule has 0 saturated carbocycles. The number of nitrogens with zero attached hydrogens (tertiary/aromatic N) is 4. The number of amides is 1. The summed E-state index contributed by atoms with van der Waals surface area (Å²) in [4.78, 5) is 19.6. The van der Waals surface area contributed by atoms with Crippen molar-refractivity contribution in [3.05, 3.63) is 27.4 Å². The van der Waals surface area contributed by atoms with Crippen LogP contribution in [0.15, 0.2) is 4.42 Å². The minimum Gasteiger partial charge on any atom is -0.425 e. The molecule has 1 aliphatic rings. The summed E-state index contributed by atoms with van der Waals surface area (Å²) < 4.78 is 5.75. The van der Waals surface area contributed by atoms with Gasteiger partial charge in [0.2, 0.25) is 11.8 Å². The standard InChI is InChI=1S/C16H22N4O2S/c1-9(2)14-18-19-15(22-14)12-5-7-20(8-6-12)16(21)13-10(3)17-11(4)23-13/h9,12H,5-8H2,1-4H3. The van der Waals surface area contributed by atoms with E-state index < -0.39 is 0 Å². The van der Waals surface area contributed by atoms with E-state index in [2.05, 4.69) is 15.2 Å². The minimum absolute atomic E-state index is 0.0972. The molecule has 0 aliphatic carbocycles. The highest BCUT2D eigenvalue weighted by molar-refractivity contribution is 7.13. The van der Waals surface area contributed by atoms with E-state index in [0.29, 0.717) is 11.8 Å². The second kappa shape index (κ2) is 6.39. The third-order valence-corrected chi connectivity index (χ3v) is 5.24. The Bertz CT molecular complexity index is 699. The highest BCUT2D eigenvalue weighted by atomic mass is 32.1. The van der Waals surface area contributed by atoms with Gasteiger partial charge in [-0.2, -0.15) is 0 Å². The summed E-state index contributed by atoms with van der Waals surface area (Å²) in [6.45, 7) is 9.35. The van der Waals surface area contributed by atoms with Gasteiger partial charge >= 0.3 is 0 Å². The van der Waals surface area contributed by atoms with Crippen molar-refractivity contribution in [2.45, 2.75) is 52.4 Å². The molecule has 0 N–H and O–H groups in total. The molecule has 23 heavy (non-hydrogen) atoms. The summed E-state index contributed by atoms with van der Waals surface area (Å²) in [5.41, 5.74) is 0.832. The van der Waals surface area contributed by atoms with Crippen LogP contribution < -0.4 is 0 Å². The molecule has 1 fully saturated rings. The molecule has 0 aromatic carbocycles. The van der Waals surface area contributed by atoms with E-state index in [1.54, 1.807) is 0 Å². The van der Waals surface area contributed by atoms with Crippen molar-refractivity contribution in [3.8, 4) is 0 Å². The zero-order valence-corrected chi connectivity index (χ0v) is 14.8. The topological polar surface area (TPSA) is 72.1 Å². The predicted molar refractivity (Wildman–Crippen MR) is 87.9 cm³/mol. The molecule has 2 aromatic rings. The molecule has 1 saturated heterocycles. The fraction of sp³-hybridized carbons (Fsp3) is 0.625. The summed E-state index contributed by atoms with van der Waals surface area (Å²) in [5, 5.41) is 9.22. The number of likely N-dealkylation sites (tertiary alicyclic amines) is 1. The Morgan fingerprint density at radius 3 is 2.48 bits per heavy atom. The Labute approximate surface area is 139 Å². The Morgan fingerprint density at radius 2 is 1.96 bits per heavy atom. The average Bonchev–Trinajstić information content (AvgIpc) is 3.13. The van der Waals surface area contributed by atoms with E-state index in [0.717, 1.165) is 41.5 Å². The molecule has 1 aliphatic heterocycles. The van der Waals surface area contributed by atoms with Crippen LogP contribution in [-0.2, 0) is 0 Å². The van der Waals surface area contributed by atoms with Gasteiger partial charge in [-0.3, -0.25) is 4.79 Å². The fourth-order valence-electron chi connectivity index (χ4n) is 2.85. The molecule has 0 atom stereocenters. The number of piperidine rings is 1. The number of hydrogen-bond acceptors (Lipinski definition) is 6. The largest absolute Gasteiger partial charge is 0.425 e. The summed E-state index contributed by atoms with van der Waals surface area (Å²) in [7, 11) is 0. The van der Waals surface area contributed by atoms with Crippen molar-refractivity contribution >= 4 is 17.2 Å². The maximum Gasteiger partial charge on any atom is 0.265 e. The molecule has 124 valence electrons. The number of carbonyl (C=O) groups is 1. The Balaban J connectivity index is 1.63. The SMILES string of the molecule is Cc1nc(C)c(C(=O)N2CCC(c3nnc(C(C)C)o3)CC2)s1. The summed E-state index contributed by atoms with van der Waals surface area (Å²) in [5.74, 6) is 2.00.